The lowest BCUT2D eigenvalue weighted by molar-refractivity contribution is -0.133. The van der Waals surface area contributed by atoms with Gasteiger partial charge in [0, 0.05) is 31.4 Å². The Kier molecular flexibility index (Phi) is 3.55. The van der Waals surface area contributed by atoms with Gasteiger partial charge in [0.05, 0.1) is 11.5 Å². The van der Waals surface area contributed by atoms with Crippen molar-refractivity contribution in [2.45, 2.75) is 38.5 Å². The molecule has 7 nitrogen and oxygen atoms in total. The minimum absolute atomic E-state index is 0.124. The van der Waals surface area contributed by atoms with E-state index in [1.807, 2.05) is 11.8 Å². The molecule has 0 radical (unpaired) electrons. The van der Waals surface area contributed by atoms with Crippen molar-refractivity contribution in [1.82, 2.24) is 25.1 Å². The van der Waals surface area contributed by atoms with Crippen LogP contribution in [0.25, 0.3) is 11.5 Å². The normalized spacial score (nSPS) is 21.4. The molecule has 1 saturated heterocycles. The summed E-state index contributed by atoms with van der Waals surface area (Å²) in [7, 11) is 0. The molecule has 7 heteroatoms. The molecule has 1 aliphatic carbocycles. The number of carbonyl (C=O) groups excluding carboxylic acids is 1. The Balaban J connectivity index is 1.49. The van der Waals surface area contributed by atoms with Gasteiger partial charge in [0.2, 0.25) is 11.8 Å². The van der Waals surface area contributed by atoms with Crippen molar-refractivity contribution in [2.24, 2.45) is 5.92 Å². The predicted octanol–water partition coefficient (Wildman–Crippen LogP) is 1.95. The van der Waals surface area contributed by atoms with Crippen molar-refractivity contribution in [3.63, 3.8) is 0 Å². The van der Waals surface area contributed by atoms with Crippen LogP contribution in [0.4, 0.5) is 0 Å². The molecule has 120 valence electrons. The van der Waals surface area contributed by atoms with Crippen molar-refractivity contribution < 1.29 is 9.21 Å². The maximum absolute atomic E-state index is 12.2. The van der Waals surface area contributed by atoms with E-state index >= 15 is 0 Å². The molecule has 2 aromatic heterocycles. The number of piperidine rings is 1. The van der Waals surface area contributed by atoms with E-state index in [2.05, 4.69) is 20.2 Å². The summed E-state index contributed by atoms with van der Waals surface area (Å²) < 4.78 is 5.81. The molecule has 2 aliphatic rings. The highest BCUT2D eigenvalue weighted by Crippen LogP contribution is 2.34. The standard InChI is InChI=1S/C16H19N5O2/c1-10-17-7-13(8-18-10)15-20-19-14(23-15)12-3-2-6-21(9-12)16(22)11-4-5-11/h7-8,11-12H,2-6,9H2,1H3. The van der Waals surface area contributed by atoms with E-state index < -0.39 is 0 Å². The number of likely N-dealkylation sites (tertiary alicyclic amines) is 1. The largest absolute Gasteiger partial charge is 0.420 e. The highest BCUT2D eigenvalue weighted by atomic mass is 16.4. The van der Waals surface area contributed by atoms with Gasteiger partial charge < -0.3 is 9.32 Å². The molecule has 1 unspecified atom stereocenters. The quantitative estimate of drug-likeness (QED) is 0.861. The fourth-order valence-electron chi connectivity index (χ4n) is 2.99. The minimum atomic E-state index is 0.124. The average molecular weight is 313 g/mol. The molecule has 0 bridgehead atoms. The van der Waals surface area contributed by atoms with Crippen LogP contribution in [0, 0.1) is 12.8 Å². The Morgan fingerprint density at radius 3 is 2.74 bits per heavy atom. The van der Waals surface area contributed by atoms with Gasteiger partial charge in [-0.05, 0) is 32.6 Å². The second kappa shape index (κ2) is 5.72. The van der Waals surface area contributed by atoms with E-state index in [1.54, 1.807) is 12.4 Å². The molecule has 2 aromatic rings. The highest BCUT2D eigenvalue weighted by Gasteiger charge is 2.36. The molecule has 0 aromatic carbocycles. The lowest BCUT2D eigenvalue weighted by atomic mass is 9.97. The summed E-state index contributed by atoms with van der Waals surface area (Å²) in [6, 6.07) is 0. The zero-order valence-electron chi connectivity index (χ0n) is 13.1. The maximum atomic E-state index is 12.2. The fraction of sp³-hybridized carbons (Fsp3) is 0.562. The number of hydrogen-bond acceptors (Lipinski definition) is 6. The van der Waals surface area contributed by atoms with E-state index in [-0.39, 0.29) is 11.8 Å². The summed E-state index contributed by atoms with van der Waals surface area (Å²) in [4.78, 5) is 22.5. The van der Waals surface area contributed by atoms with E-state index in [1.165, 1.54) is 0 Å². The van der Waals surface area contributed by atoms with E-state index in [0.29, 0.717) is 30.1 Å². The molecular weight excluding hydrogens is 294 g/mol. The van der Waals surface area contributed by atoms with Crippen LogP contribution in [0.15, 0.2) is 16.8 Å². The number of aryl methyl sites for hydroxylation is 1. The third kappa shape index (κ3) is 2.95. The third-order valence-corrected chi connectivity index (χ3v) is 4.48. The molecule has 1 saturated carbocycles. The Morgan fingerprint density at radius 1 is 1.22 bits per heavy atom. The minimum Gasteiger partial charge on any atom is -0.420 e. The van der Waals surface area contributed by atoms with Crippen molar-refractivity contribution >= 4 is 5.91 Å². The topological polar surface area (TPSA) is 85.0 Å². The number of hydrogen-bond donors (Lipinski definition) is 0. The summed E-state index contributed by atoms with van der Waals surface area (Å²) in [5.74, 6) is 2.42. The Labute approximate surface area is 134 Å². The second-order valence-electron chi connectivity index (χ2n) is 6.36. The van der Waals surface area contributed by atoms with Crippen LogP contribution in [0.3, 0.4) is 0 Å². The molecule has 1 atom stereocenters. The Morgan fingerprint density at radius 2 is 2.00 bits per heavy atom. The molecule has 0 spiro atoms. The summed E-state index contributed by atoms with van der Waals surface area (Å²) in [5.41, 5.74) is 0.719. The van der Waals surface area contributed by atoms with Crippen LogP contribution >= 0.6 is 0 Å². The van der Waals surface area contributed by atoms with Gasteiger partial charge in [0.25, 0.3) is 5.89 Å². The molecule has 3 heterocycles. The van der Waals surface area contributed by atoms with Gasteiger partial charge in [-0.15, -0.1) is 10.2 Å². The lowest BCUT2D eigenvalue weighted by Gasteiger charge is -2.31. The summed E-state index contributed by atoms with van der Waals surface area (Å²) >= 11 is 0. The third-order valence-electron chi connectivity index (χ3n) is 4.48. The maximum Gasteiger partial charge on any atom is 0.250 e. The van der Waals surface area contributed by atoms with Gasteiger partial charge in [-0.1, -0.05) is 0 Å². The number of carbonyl (C=O) groups is 1. The van der Waals surface area contributed by atoms with Crippen molar-refractivity contribution in [3.8, 4) is 11.5 Å². The van der Waals surface area contributed by atoms with Crippen molar-refractivity contribution in [1.29, 1.82) is 0 Å². The SMILES string of the molecule is Cc1ncc(-c2nnc(C3CCCN(C(=O)C4CC4)C3)o2)cn1. The molecule has 1 amide bonds. The molecular formula is C16H19N5O2. The van der Waals surface area contributed by atoms with Gasteiger partial charge in [0.15, 0.2) is 0 Å². The zero-order valence-corrected chi connectivity index (χ0v) is 13.1. The number of rotatable bonds is 3. The number of amides is 1. The number of nitrogens with zero attached hydrogens (tertiary/aromatic N) is 5. The van der Waals surface area contributed by atoms with Gasteiger partial charge in [-0.3, -0.25) is 4.79 Å². The first-order valence-electron chi connectivity index (χ1n) is 8.12. The van der Waals surface area contributed by atoms with Gasteiger partial charge in [0.1, 0.15) is 5.82 Å². The summed E-state index contributed by atoms with van der Waals surface area (Å²) in [6.45, 7) is 3.36. The van der Waals surface area contributed by atoms with Crippen LogP contribution in [-0.2, 0) is 4.79 Å². The van der Waals surface area contributed by atoms with Crippen LogP contribution in [0.1, 0.15) is 43.3 Å². The highest BCUT2D eigenvalue weighted by molar-refractivity contribution is 5.81. The monoisotopic (exact) mass is 313 g/mol. The average Bonchev–Trinajstić information content (AvgIpc) is 3.32. The molecule has 4 rings (SSSR count). The van der Waals surface area contributed by atoms with E-state index in [4.69, 9.17) is 4.42 Å². The fourth-order valence-corrected chi connectivity index (χ4v) is 2.99. The number of aromatic nitrogens is 4. The predicted molar refractivity (Wildman–Crippen MR) is 81.3 cm³/mol. The molecule has 2 fully saturated rings. The smallest absolute Gasteiger partial charge is 0.250 e. The van der Waals surface area contributed by atoms with Crippen LogP contribution in [-0.4, -0.2) is 44.1 Å². The summed E-state index contributed by atoms with van der Waals surface area (Å²) in [6.07, 6.45) is 7.40. The Bertz CT molecular complexity index is 708. The van der Waals surface area contributed by atoms with E-state index in [9.17, 15) is 4.79 Å². The Hall–Kier alpha value is -2.31. The first-order chi connectivity index (χ1) is 11.2. The van der Waals surface area contributed by atoms with E-state index in [0.717, 1.165) is 37.8 Å². The van der Waals surface area contributed by atoms with Gasteiger partial charge in [-0.25, -0.2) is 9.97 Å². The molecule has 0 N–H and O–H groups in total. The molecule has 23 heavy (non-hydrogen) atoms. The van der Waals surface area contributed by atoms with Crippen LogP contribution in [0.5, 0.6) is 0 Å². The summed E-state index contributed by atoms with van der Waals surface area (Å²) in [5, 5.41) is 8.29. The molecule has 1 aliphatic heterocycles. The van der Waals surface area contributed by atoms with Gasteiger partial charge >= 0.3 is 0 Å². The van der Waals surface area contributed by atoms with Crippen molar-refractivity contribution in [3.05, 3.63) is 24.1 Å². The van der Waals surface area contributed by atoms with Crippen molar-refractivity contribution in [2.75, 3.05) is 13.1 Å². The van der Waals surface area contributed by atoms with Crippen LogP contribution in [0.2, 0.25) is 0 Å². The second-order valence-corrected chi connectivity index (χ2v) is 6.36. The first kappa shape index (κ1) is 14.3. The zero-order chi connectivity index (χ0) is 15.8. The van der Waals surface area contributed by atoms with Crippen LogP contribution < -0.4 is 0 Å². The van der Waals surface area contributed by atoms with Gasteiger partial charge in [-0.2, -0.15) is 0 Å². The lowest BCUT2D eigenvalue weighted by Crippen LogP contribution is -2.40. The first-order valence-corrected chi connectivity index (χ1v) is 8.12.